The van der Waals surface area contributed by atoms with E-state index in [1.807, 2.05) is 13.8 Å². The van der Waals surface area contributed by atoms with Crippen molar-refractivity contribution in [2.45, 2.75) is 56.9 Å². The van der Waals surface area contributed by atoms with E-state index in [1.54, 1.807) is 0 Å². The van der Waals surface area contributed by atoms with Gasteiger partial charge in [0.2, 0.25) is 0 Å². The number of alkyl halides is 2. The molecule has 112 valence electrons. The van der Waals surface area contributed by atoms with Gasteiger partial charge >= 0.3 is 11.1 Å². The second-order valence-electron chi connectivity index (χ2n) is 4.64. The molecule has 0 saturated carbocycles. The van der Waals surface area contributed by atoms with Gasteiger partial charge < -0.3 is 14.2 Å². The minimum absolute atomic E-state index is 0.112. The van der Waals surface area contributed by atoms with Gasteiger partial charge in [-0.05, 0) is 12.8 Å². The summed E-state index contributed by atoms with van der Waals surface area (Å²) >= 11 is 5.58. The normalized spacial score (nSPS) is 30.6. The first kappa shape index (κ1) is 16.7. The Morgan fingerprint density at radius 2 is 1.95 bits per heavy atom. The molecule has 0 amide bonds. The smallest absolute Gasteiger partial charge is 0.363 e. The fourth-order valence-corrected chi connectivity index (χ4v) is 2.01. The van der Waals surface area contributed by atoms with Crippen LogP contribution < -0.4 is 0 Å². The SMILES string of the molecule is CCCCOC[C@H]1OC(=O)[C@@](F)(Cl)[C@@H]1OCCCC. The van der Waals surface area contributed by atoms with Crippen molar-refractivity contribution in [1.29, 1.82) is 0 Å². The Morgan fingerprint density at radius 3 is 2.58 bits per heavy atom. The lowest BCUT2D eigenvalue weighted by Crippen LogP contribution is -2.41. The highest BCUT2D eigenvalue weighted by molar-refractivity contribution is 6.33. The number of carbonyl (C=O) groups excluding carboxylic acids is 1. The van der Waals surface area contributed by atoms with Gasteiger partial charge in [-0.2, -0.15) is 0 Å². The Kier molecular flexibility index (Phi) is 7.04. The minimum Gasteiger partial charge on any atom is -0.454 e. The molecular weight excluding hydrogens is 275 g/mol. The van der Waals surface area contributed by atoms with Gasteiger partial charge in [0.15, 0.2) is 12.2 Å². The molecule has 1 aliphatic rings. The molecule has 1 fully saturated rings. The van der Waals surface area contributed by atoms with E-state index in [2.05, 4.69) is 0 Å². The third kappa shape index (κ3) is 4.58. The molecule has 0 aromatic heterocycles. The second-order valence-corrected chi connectivity index (χ2v) is 5.19. The van der Waals surface area contributed by atoms with Crippen molar-refractivity contribution in [3.8, 4) is 0 Å². The summed E-state index contributed by atoms with van der Waals surface area (Å²) in [5, 5.41) is -2.60. The van der Waals surface area contributed by atoms with Crippen LogP contribution in [0.4, 0.5) is 4.39 Å². The molecule has 0 bridgehead atoms. The Hall–Kier alpha value is -0.390. The fraction of sp³-hybridized carbons (Fsp3) is 0.923. The molecule has 1 saturated heterocycles. The van der Waals surface area contributed by atoms with Crippen LogP contribution in [0.3, 0.4) is 0 Å². The van der Waals surface area contributed by atoms with Crippen LogP contribution in [0.5, 0.6) is 0 Å². The predicted octanol–water partition coefficient (Wildman–Crippen LogP) is 2.82. The van der Waals surface area contributed by atoms with Gasteiger partial charge in [-0.15, -0.1) is 0 Å². The zero-order valence-corrected chi connectivity index (χ0v) is 12.2. The maximum absolute atomic E-state index is 14.0. The molecule has 0 spiro atoms. The highest BCUT2D eigenvalue weighted by Crippen LogP contribution is 2.36. The maximum Gasteiger partial charge on any atom is 0.363 e. The molecule has 3 atom stereocenters. The topological polar surface area (TPSA) is 44.8 Å². The van der Waals surface area contributed by atoms with Gasteiger partial charge in [0, 0.05) is 13.2 Å². The molecule has 1 heterocycles. The summed E-state index contributed by atoms with van der Waals surface area (Å²) in [6, 6.07) is 0. The van der Waals surface area contributed by atoms with Crippen molar-refractivity contribution in [2.75, 3.05) is 19.8 Å². The van der Waals surface area contributed by atoms with Crippen LogP contribution in [0.2, 0.25) is 0 Å². The van der Waals surface area contributed by atoms with Crippen LogP contribution in [0, 0.1) is 0 Å². The standard InChI is InChI=1S/C13H22ClFO4/c1-3-5-7-17-9-10-11(18-8-6-4-2)13(14,15)12(16)19-10/h10-11H,3-9H2,1-2H3/t10-,11-,13-/m1/s1. The third-order valence-corrected chi connectivity index (χ3v) is 3.31. The molecular formula is C13H22ClFO4. The lowest BCUT2D eigenvalue weighted by Gasteiger charge is -2.21. The zero-order valence-electron chi connectivity index (χ0n) is 11.5. The average Bonchev–Trinajstić information content (AvgIpc) is 2.58. The van der Waals surface area contributed by atoms with Crippen LogP contribution in [0.15, 0.2) is 0 Å². The van der Waals surface area contributed by atoms with E-state index in [1.165, 1.54) is 0 Å². The number of ether oxygens (including phenoxy) is 3. The van der Waals surface area contributed by atoms with Crippen LogP contribution in [-0.4, -0.2) is 43.1 Å². The number of carbonyl (C=O) groups is 1. The summed E-state index contributed by atoms with van der Waals surface area (Å²) in [4.78, 5) is 11.4. The van der Waals surface area contributed by atoms with E-state index < -0.39 is 23.3 Å². The quantitative estimate of drug-likeness (QED) is 0.373. The number of hydrogen-bond acceptors (Lipinski definition) is 4. The van der Waals surface area contributed by atoms with E-state index in [0.717, 1.165) is 25.7 Å². The summed E-state index contributed by atoms with van der Waals surface area (Å²) < 4.78 is 29.7. The lowest BCUT2D eigenvalue weighted by atomic mass is 10.1. The number of cyclic esters (lactones) is 1. The van der Waals surface area contributed by atoms with Crippen molar-refractivity contribution in [2.24, 2.45) is 0 Å². The molecule has 0 aliphatic carbocycles. The van der Waals surface area contributed by atoms with Crippen molar-refractivity contribution >= 4 is 17.6 Å². The van der Waals surface area contributed by atoms with Gasteiger partial charge in [-0.3, -0.25) is 0 Å². The van der Waals surface area contributed by atoms with E-state index in [4.69, 9.17) is 25.8 Å². The molecule has 1 rings (SSSR count). The van der Waals surface area contributed by atoms with E-state index in [0.29, 0.717) is 13.2 Å². The van der Waals surface area contributed by atoms with Gasteiger partial charge in [-0.1, -0.05) is 38.3 Å². The summed E-state index contributed by atoms with van der Waals surface area (Å²) in [6.45, 7) is 5.05. The number of esters is 1. The molecule has 1 aliphatic heterocycles. The van der Waals surface area contributed by atoms with Gasteiger partial charge in [0.1, 0.15) is 0 Å². The van der Waals surface area contributed by atoms with Crippen molar-refractivity contribution in [1.82, 2.24) is 0 Å². The summed E-state index contributed by atoms with van der Waals surface area (Å²) in [5.41, 5.74) is 0. The third-order valence-electron chi connectivity index (χ3n) is 2.95. The molecule has 0 N–H and O–H groups in total. The van der Waals surface area contributed by atoms with Crippen LogP contribution in [-0.2, 0) is 19.0 Å². The summed E-state index contributed by atoms with van der Waals surface area (Å²) in [7, 11) is 0. The molecule has 6 heteroatoms. The Bertz CT molecular complexity index is 286. The van der Waals surface area contributed by atoms with Crippen molar-refractivity contribution in [3.05, 3.63) is 0 Å². The van der Waals surface area contributed by atoms with Crippen LogP contribution in [0.1, 0.15) is 39.5 Å². The molecule has 19 heavy (non-hydrogen) atoms. The molecule has 0 radical (unpaired) electrons. The zero-order chi connectivity index (χ0) is 14.3. The van der Waals surface area contributed by atoms with Crippen LogP contribution in [0.25, 0.3) is 0 Å². The number of halogens is 2. The highest BCUT2D eigenvalue weighted by atomic mass is 35.5. The largest absolute Gasteiger partial charge is 0.454 e. The Balaban J connectivity index is 2.49. The highest BCUT2D eigenvalue weighted by Gasteiger charge is 2.58. The second kappa shape index (κ2) is 8.02. The van der Waals surface area contributed by atoms with Crippen LogP contribution >= 0.6 is 11.6 Å². The van der Waals surface area contributed by atoms with E-state index >= 15 is 0 Å². The van der Waals surface area contributed by atoms with Gasteiger partial charge in [0.05, 0.1) is 6.61 Å². The monoisotopic (exact) mass is 296 g/mol. The maximum atomic E-state index is 14.0. The van der Waals surface area contributed by atoms with Crippen molar-refractivity contribution in [3.63, 3.8) is 0 Å². The first-order valence-corrected chi connectivity index (χ1v) is 7.20. The summed E-state index contributed by atoms with van der Waals surface area (Å²) in [6.07, 6.45) is 1.73. The van der Waals surface area contributed by atoms with E-state index in [-0.39, 0.29) is 6.61 Å². The van der Waals surface area contributed by atoms with Crippen molar-refractivity contribution < 1.29 is 23.4 Å². The number of hydrogen-bond donors (Lipinski definition) is 0. The number of rotatable bonds is 9. The fourth-order valence-electron chi connectivity index (χ4n) is 1.76. The Labute approximate surface area is 118 Å². The lowest BCUT2D eigenvalue weighted by molar-refractivity contribution is -0.148. The molecule has 0 unspecified atom stereocenters. The first-order valence-electron chi connectivity index (χ1n) is 6.82. The van der Waals surface area contributed by atoms with E-state index in [9.17, 15) is 9.18 Å². The summed E-state index contributed by atoms with van der Waals surface area (Å²) in [5.74, 6) is -1.08. The minimum atomic E-state index is -2.60. The molecule has 0 aromatic rings. The number of unbranched alkanes of at least 4 members (excludes halogenated alkanes) is 2. The van der Waals surface area contributed by atoms with Gasteiger partial charge in [-0.25, -0.2) is 9.18 Å². The first-order chi connectivity index (χ1) is 9.04. The molecule has 0 aromatic carbocycles. The van der Waals surface area contributed by atoms with Gasteiger partial charge in [0.25, 0.3) is 0 Å². The predicted molar refractivity (Wildman–Crippen MR) is 69.9 cm³/mol. The molecule has 4 nitrogen and oxygen atoms in total. The average molecular weight is 297 g/mol. The Morgan fingerprint density at radius 1 is 1.32 bits per heavy atom.